The average molecular weight is 502 g/mol. The number of nitrogens with zero attached hydrogens (tertiary/aromatic N) is 1. The first-order valence-corrected chi connectivity index (χ1v) is 13.2. The number of aliphatic hydroxyl groups is 1. The van der Waals surface area contributed by atoms with Gasteiger partial charge in [0.25, 0.3) is 0 Å². The summed E-state index contributed by atoms with van der Waals surface area (Å²) in [7, 11) is 0. The van der Waals surface area contributed by atoms with Crippen molar-refractivity contribution in [2.45, 2.75) is 78.0 Å². The van der Waals surface area contributed by atoms with Crippen LogP contribution in [-0.4, -0.2) is 54.4 Å². The lowest BCUT2D eigenvalue weighted by atomic mass is 9.97. The molecule has 192 valence electrons. The number of carbonyl (C=O) groups is 1. The second kappa shape index (κ2) is 13.4. The highest BCUT2D eigenvalue weighted by Gasteiger charge is 2.27. The molecule has 3 atom stereocenters. The monoisotopic (exact) mass is 501 g/mol. The smallest absolute Gasteiger partial charge is 0.306 e. The standard InChI is InChI=1S/C29H40ClNO4/c1-5-34-29(33)13-11-24-15-20(2)8-12-27(24)22(4)35-19-26(32)18-31-14-6-7-25(31)16-23-10-9-21(3)28(30)17-23/h8-10,12,15,17,22,25-26,32H,5-7,11,13-14,16,18-19H2,1-4H3/t22-,25+,26-/m1/s1. The first-order valence-electron chi connectivity index (χ1n) is 12.8. The zero-order valence-corrected chi connectivity index (χ0v) is 22.3. The third-order valence-electron chi connectivity index (χ3n) is 6.83. The summed E-state index contributed by atoms with van der Waals surface area (Å²) in [6.07, 6.45) is 3.44. The van der Waals surface area contributed by atoms with E-state index >= 15 is 0 Å². The van der Waals surface area contributed by atoms with E-state index in [2.05, 4.69) is 41.3 Å². The number of β-amino-alcohol motifs (C(OH)–C–C–N with tert-alkyl or cyclic N) is 1. The number of ether oxygens (including phenoxy) is 2. The van der Waals surface area contributed by atoms with Crippen LogP contribution in [0.5, 0.6) is 0 Å². The molecule has 6 heteroatoms. The largest absolute Gasteiger partial charge is 0.466 e. The Morgan fingerprint density at radius 2 is 2.03 bits per heavy atom. The number of carbonyl (C=O) groups excluding carboxylic acids is 1. The van der Waals surface area contributed by atoms with Crippen molar-refractivity contribution in [3.63, 3.8) is 0 Å². The molecule has 0 unspecified atom stereocenters. The number of esters is 1. The van der Waals surface area contributed by atoms with Gasteiger partial charge in [-0.05, 0) is 88.2 Å². The molecule has 0 aromatic heterocycles. The van der Waals surface area contributed by atoms with E-state index in [0.717, 1.165) is 53.1 Å². The normalized spacial score (nSPS) is 17.9. The van der Waals surface area contributed by atoms with E-state index < -0.39 is 6.10 Å². The SMILES string of the molecule is CCOC(=O)CCc1cc(C)ccc1[C@@H](C)OC[C@H](O)CN1CCC[C@H]1Cc1ccc(C)c(Cl)c1. The Hall–Kier alpha value is -1.92. The van der Waals surface area contributed by atoms with Crippen LogP contribution in [0.4, 0.5) is 0 Å². The van der Waals surface area contributed by atoms with Crippen LogP contribution in [0.25, 0.3) is 0 Å². The van der Waals surface area contributed by atoms with Gasteiger partial charge in [-0.15, -0.1) is 0 Å². The fraction of sp³-hybridized carbons (Fsp3) is 0.552. The number of halogens is 1. The number of rotatable bonds is 12. The number of hydrogen-bond acceptors (Lipinski definition) is 5. The molecular formula is C29H40ClNO4. The minimum atomic E-state index is -0.562. The van der Waals surface area contributed by atoms with Gasteiger partial charge in [0, 0.05) is 24.0 Å². The molecule has 2 aromatic rings. The lowest BCUT2D eigenvalue weighted by Gasteiger charge is -2.28. The first-order chi connectivity index (χ1) is 16.8. The van der Waals surface area contributed by atoms with E-state index in [1.165, 1.54) is 5.56 Å². The third kappa shape index (κ3) is 8.32. The molecule has 1 saturated heterocycles. The van der Waals surface area contributed by atoms with Crippen molar-refractivity contribution < 1.29 is 19.4 Å². The van der Waals surface area contributed by atoms with Crippen molar-refractivity contribution in [2.75, 3.05) is 26.3 Å². The Morgan fingerprint density at radius 3 is 2.77 bits per heavy atom. The van der Waals surface area contributed by atoms with Crippen molar-refractivity contribution in [1.82, 2.24) is 4.90 Å². The first kappa shape index (κ1) is 27.7. The van der Waals surface area contributed by atoms with Crippen molar-refractivity contribution >= 4 is 17.6 Å². The van der Waals surface area contributed by atoms with Crippen LogP contribution >= 0.6 is 11.6 Å². The zero-order valence-electron chi connectivity index (χ0n) is 21.6. The predicted molar refractivity (Wildman–Crippen MR) is 141 cm³/mol. The lowest BCUT2D eigenvalue weighted by molar-refractivity contribution is -0.143. The van der Waals surface area contributed by atoms with Crippen molar-refractivity contribution in [2.24, 2.45) is 0 Å². The molecule has 0 radical (unpaired) electrons. The Morgan fingerprint density at radius 1 is 1.23 bits per heavy atom. The van der Waals surface area contributed by atoms with Crippen LogP contribution in [-0.2, 0) is 27.1 Å². The zero-order chi connectivity index (χ0) is 25.4. The number of hydrogen-bond donors (Lipinski definition) is 1. The van der Waals surface area contributed by atoms with E-state index in [0.29, 0.717) is 32.0 Å². The van der Waals surface area contributed by atoms with Crippen molar-refractivity contribution in [3.8, 4) is 0 Å². The summed E-state index contributed by atoms with van der Waals surface area (Å²) in [6, 6.07) is 12.9. The molecule has 1 N–H and O–H groups in total. The van der Waals surface area contributed by atoms with Crippen LogP contribution in [0.3, 0.4) is 0 Å². The Bertz CT molecular complexity index is 979. The summed E-state index contributed by atoms with van der Waals surface area (Å²) >= 11 is 6.32. The summed E-state index contributed by atoms with van der Waals surface area (Å²) in [6.45, 7) is 10.1. The summed E-state index contributed by atoms with van der Waals surface area (Å²) < 4.78 is 11.2. The summed E-state index contributed by atoms with van der Waals surface area (Å²) in [4.78, 5) is 14.2. The highest BCUT2D eigenvalue weighted by Crippen LogP contribution is 2.26. The Labute approximate surface area is 215 Å². The maximum absolute atomic E-state index is 11.8. The number of aryl methyl sites for hydroxylation is 3. The fourth-order valence-electron chi connectivity index (χ4n) is 4.89. The van der Waals surface area contributed by atoms with Crippen molar-refractivity contribution in [1.29, 1.82) is 0 Å². The average Bonchev–Trinajstić information content (AvgIpc) is 3.25. The maximum atomic E-state index is 11.8. The van der Waals surface area contributed by atoms with Gasteiger partial charge in [-0.25, -0.2) is 0 Å². The van der Waals surface area contributed by atoms with Crippen LogP contribution in [0.1, 0.15) is 67.0 Å². The summed E-state index contributed by atoms with van der Waals surface area (Å²) in [5, 5.41) is 11.6. The number of aliphatic hydroxyl groups excluding tert-OH is 1. The van der Waals surface area contributed by atoms with Crippen LogP contribution < -0.4 is 0 Å². The van der Waals surface area contributed by atoms with E-state index in [1.807, 2.05) is 27.7 Å². The van der Waals surface area contributed by atoms with Crippen LogP contribution in [0.2, 0.25) is 5.02 Å². The molecule has 35 heavy (non-hydrogen) atoms. The quantitative estimate of drug-likeness (QED) is 0.384. The second-order valence-electron chi connectivity index (χ2n) is 9.72. The second-order valence-corrected chi connectivity index (χ2v) is 10.1. The molecule has 0 spiro atoms. The van der Waals surface area contributed by atoms with Gasteiger partial charge < -0.3 is 14.6 Å². The fourth-order valence-corrected chi connectivity index (χ4v) is 5.09. The molecule has 0 bridgehead atoms. The van der Waals surface area contributed by atoms with Crippen molar-refractivity contribution in [3.05, 3.63) is 69.2 Å². The Kier molecular flexibility index (Phi) is 10.6. The van der Waals surface area contributed by atoms with E-state index in [9.17, 15) is 9.90 Å². The summed E-state index contributed by atoms with van der Waals surface area (Å²) in [5.41, 5.74) is 5.64. The predicted octanol–water partition coefficient (Wildman–Crippen LogP) is 5.60. The number of likely N-dealkylation sites (tertiary alicyclic amines) is 1. The van der Waals surface area contributed by atoms with Crippen LogP contribution in [0.15, 0.2) is 36.4 Å². The molecule has 1 fully saturated rings. The maximum Gasteiger partial charge on any atom is 0.306 e. The molecule has 5 nitrogen and oxygen atoms in total. The molecular weight excluding hydrogens is 462 g/mol. The molecule has 3 rings (SSSR count). The topological polar surface area (TPSA) is 59.0 Å². The van der Waals surface area contributed by atoms with Gasteiger partial charge in [-0.2, -0.15) is 0 Å². The minimum Gasteiger partial charge on any atom is -0.466 e. The minimum absolute atomic E-state index is 0.175. The molecule has 2 aromatic carbocycles. The van der Waals surface area contributed by atoms with Gasteiger partial charge >= 0.3 is 5.97 Å². The summed E-state index contributed by atoms with van der Waals surface area (Å²) in [5.74, 6) is -0.183. The van der Waals surface area contributed by atoms with Gasteiger partial charge in [-0.3, -0.25) is 9.69 Å². The van der Waals surface area contributed by atoms with Gasteiger partial charge in [0.1, 0.15) is 0 Å². The van der Waals surface area contributed by atoms with E-state index in [1.54, 1.807) is 0 Å². The van der Waals surface area contributed by atoms with Crippen LogP contribution in [0, 0.1) is 13.8 Å². The van der Waals surface area contributed by atoms with Gasteiger partial charge in [0.05, 0.1) is 25.4 Å². The molecule has 1 aliphatic heterocycles. The number of benzene rings is 2. The third-order valence-corrected chi connectivity index (χ3v) is 7.24. The Balaban J connectivity index is 1.53. The highest BCUT2D eigenvalue weighted by molar-refractivity contribution is 6.31. The van der Waals surface area contributed by atoms with E-state index in [-0.39, 0.29) is 18.7 Å². The van der Waals surface area contributed by atoms with Gasteiger partial charge in [0.2, 0.25) is 0 Å². The van der Waals surface area contributed by atoms with Gasteiger partial charge in [0.15, 0.2) is 0 Å². The van der Waals surface area contributed by atoms with E-state index in [4.69, 9.17) is 21.1 Å². The highest BCUT2D eigenvalue weighted by atomic mass is 35.5. The lowest BCUT2D eigenvalue weighted by Crippen LogP contribution is -2.39. The van der Waals surface area contributed by atoms with Gasteiger partial charge in [-0.1, -0.05) is 47.5 Å². The molecule has 0 amide bonds. The molecule has 1 heterocycles. The molecule has 0 saturated carbocycles. The molecule has 0 aliphatic carbocycles. The molecule has 1 aliphatic rings.